The number of nitrogens with one attached hydrogen (secondary N) is 1. The molecule has 0 radical (unpaired) electrons. The third kappa shape index (κ3) is 3.45. The molecule has 1 aromatic heterocycles. The van der Waals surface area contributed by atoms with E-state index in [1.165, 1.54) is 10.6 Å². The van der Waals surface area contributed by atoms with Gasteiger partial charge in [0.25, 0.3) is 5.56 Å². The summed E-state index contributed by atoms with van der Waals surface area (Å²) in [6, 6.07) is 11.5. The highest BCUT2D eigenvalue weighted by molar-refractivity contribution is 5.75. The monoisotopic (exact) mass is 258 g/mol. The smallest absolute Gasteiger partial charge is 0.250 e. The van der Waals surface area contributed by atoms with E-state index in [9.17, 15) is 14.7 Å². The van der Waals surface area contributed by atoms with E-state index in [1.807, 2.05) is 0 Å². The van der Waals surface area contributed by atoms with Gasteiger partial charge < -0.3 is 15.0 Å². The Bertz CT molecular complexity index is 634. The number of aromatic hydroxyl groups is 1. The summed E-state index contributed by atoms with van der Waals surface area (Å²) >= 11 is 0. The molecule has 0 saturated heterocycles. The Kier molecular flexibility index (Phi) is 3.97. The van der Waals surface area contributed by atoms with Gasteiger partial charge in [0.15, 0.2) is 0 Å². The highest BCUT2D eigenvalue weighted by atomic mass is 16.3. The van der Waals surface area contributed by atoms with Gasteiger partial charge in [-0.1, -0.05) is 24.3 Å². The summed E-state index contributed by atoms with van der Waals surface area (Å²) in [5.41, 5.74) is 0.413. The lowest BCUT2D eigenvalue weighted by atomic mass is 10.2. The minimum Gasteiger partial charge on any atom is -0.508 e. The maximum Gasteiger partial charge on any atom is 0.250 e. The van der Waals surface area contributed by atoms with E-state index < -0.39 is 0 Å². The molecule has 0 aliphatic carbocycles. The molecule has 5 nitrogen and oxygen atoms in total. The van der Waals surface area contributed by atoms with Gasteiger partial charge in [-0.25, -0.2) is 0 Å². The van der Waals surface area contributed by atoms with Gasteiger partial charge in [-0.05, 0) is 12.1 Å². The Labute approximate surface area is 110 Å². The number of carbonyl (C=O) groups is 1. The van der Waals surface area contributed by atoms with Crippen molar-refractivity contribution in [2.45, 2.75) is 13.1 Å². The van der Waals surface area contributed by atoms with E-state index in [4.69, 9.17) is 0 Å². The Hall–Kier alpha value is -2.56. The van der Waals surface area contributed by atoms with Crippen LogP contribution in [0.5, 0.6) is 5.75 Å². The van der Waals surface area contributed by atoms with Gasteiger partial charge in [0.2, 0.25) is 5.91 Å². The number of hydrogen-bond donors (Lipinski definition) is 2. The number of rotatable bonds is 4. The minimum absolute atomic E-state index is 0.0345. The van der Waals surface area contributed by atoms with Crippen LogP contribution in [0, 0.1) is 0 Å². The molecule has 1 aromatic carbocycles. The van der Waals surface area contributed by atoms with Gasteiger partial charge in [-0.3, -0.25) is 9.59 Å². The lowest BCUT2D eigenvalue weighted by Gasteiger charge is -2.08. The molecule has 0 spiro atoms. The molecule has 2 aromatic rings. The third-order valence-electron chi connectivity index (χ3n) is 2.68. The number of phenolic OH excluding ortho intramolecular Hbond substituents is 1. The van der Waals surface area contributed by atoms with Crippen LogP contribution < -0.4 is 10.9 Å². The summed E-state index contributed by atoms with van der Waals surface area (Å²) < 4.78 is 1.32. The summed E-state index contributed by atoms with van der Waals surface area (Å²) in [6.45, 7) is 0.195. The van der Waals surface area contributed by atoms with Gasteiger partial charge >= 0.3 is 0 Å². The fourth-order valence-electron chi connectivity index (χ4n) is 1.66. The Morgan fingerprint density at radius 1 is 1.16 bits per heavy atom. The largest absolute Gasteiger partial charge is 0.508 e. The predicted octanol–water partition coefficient (Wildman–Crippen LogP) is 0.870. The minimum atomic E-state index is -0.281. The van der Waals surface area contributed by atoms with Gasteiger partial charge in [0.05, 0.1) is 0 Å². The molecule has 0 fully saturated rings. The van der Waals surface area contributed by atoms with E-state index in [0.717, 1.165) is 0 Å². The Morgan fingerprint density at radius 3 is 2.63 bits per heavy atom. The topological polar surface area (TPSA) is 71.3 Å². The van der Waals surface area contributed by atoms with Crippen molar-refractivity contribution in [1.29, 1.82) is 0 Å². The molecule has 0 unspecified atom stereocenters. The summed E-state index contributed by atoms with van der Waals surface area (Å²) in [6.07, 6.45) is 1.56. The highest BCUT2D eigenvalue weighted by Crippen LogP contribution is 2.14. The van der Waals surface area contributed by atoms with Crippen molar-refractivity contribution >= 4 is 5.91 Å². The van der Waals surface area contributed by atoms with Crippen molar-refractivity contribution in [2.75, 3.05) is 0 Å². The molecular weight excluding hydrogens is 244 g/mol. The quantitative estimate of drug-likeness (QED) is 0.854. The lowest BCUT2D eigenvalue weighted by molar-refractivity contribution is -0.121. The molecule has 5 heteroatoms. The molecule has 0 bridgehead atoms. The van der Waals surface area contributed by atoms with Crippen LogP contribution in [0.4, 0.5) is 0 Å². The molecular formula is C14H14N2O3. The summed E-state index contributed by atoms with van der Waals surface area (Å²) in [7, 11) is 0. The highest BCUT2D eigenvalue weighted by Gasteiger charge is 2.05. The number of amides is 1. The van der Waals surface area contributed by atoms with Crippen LogP contribution in [0.2, 0.25) is 0 Å². The van der Waals surface area contributed by atoms with Crippen molar-refractivity contribution < 1.29 is 9.90 Å². The Balaban J connectivity index is 1.94. The van der Waals surface area contributed by atoms with Gasteiger partial charge in [0.1, 0.15) is 12.3 Å². The zero-order valence-corrected chi connectivity index (χ0v) is 10.2. The number of benzene rings is 1. The van der Waals surface area contributed by atoms with Crippen molar-refractivity contribution in [2.24, 2.45) is 0 Å². The zero-order chi connectivity index (χ0) is 13.7. The number of carbonyl (C=O) groups excluding carboxylic acids is 1. The summed E-state index contributed by atoms with van der Waals surface area (Å²) in [5.74, 6) is -0.142. The van der Waals surface area contributed by atoms with Gasteiger partial charge in [-0.2, -0.15) is 0 Å². The van der Waals surface area contributed by atoms with Gasteiger partial charge in [0, 0.05) is 24.4 Å². The number of para-hydroxylation sites is 1. The second kappa shape index (κ2) is 5.86. The zero-order valence-electron chi connectivity index (χ0n) is 10.2. The number of hydrogen-bond acceptors (Lipinski definition) is 3. The van der Waals surface area contributed by atoms with Crippen molar-refractivity contribution in [3.63, 3.8) is 0 Å². The number of nitrogens with zero attached hydrogens (tertiary/aromatic N) is 1. The second-order valence-electron chi connectivity index (χ2n) is 4.07. The average molecular weight is 258 g/mol. The first-order valence-electron chi connectivity index (χ1n) is 5.86. The normalized spacial score (nSPS) is 10.1. The first kappa shape index (κ1) is 12.9. The van der Waals surface area contributed by atoms with E-state index in [0.29, 0.717) is 5.56 Å². The van der Waals surface area contributed by atoms with Crippen molar-refractivity contribution in [1.82, 2.24) is 9.88 Å². The fraction of sp³-hybridized carbons (Fsp3) is 0.143. The second-order valence-corrected chi connectivity index (χ2v) is 4.07. The van der Waals surface area contributed by atoms with E-state index >= 15 is 0 Å². The van der Waals surface area contributed by atoms with Crippen LogP contribution in [-0.4, -0.2) is 15.6 Å². The summed E-state index contributed by atoms with van der Waals surface area (Å²) in [5, 5.41) is 12.2. The lowest BCUT2D eigenvalue weighted by Crippen LogP contribution is -2.31. The molecule has 0 aliphatic heterocycles. The maximum atomic E-state index is 11.7. The molecule has 1 amide bonds. The van der Waals surface area contributed by atoms with Crippen LogP contribution in [0.1, 0.15) is 5.56 Å². The van der Waals surface area contributed by atoms with Gasteiger partial charge in [-0.15, -0.1) is 0 Å². The molecule has 19 heavy (non-hydrogen) atoms. The first-order valence-corrected chi connectivity index (χ1v) is 5.86. The number of pyridine rings is 1. The SMILES string of the molecule is O=C(Cn1ccccc1=O)NCc1ccccc1O. The van der Waals surface area contributed by atoms with Crippen LogP contribution in [0.25, 0.3) is 0 Å². The van der Waals surface area contributed by atoms with Crippen LogP contribution in [-0.2, 0) is 17.9 Å². The molecule has 0 aliphatic rings. The fourth-order valence-corrected chi connectivity index (χ4v) is 1.66. The van der Waals surface area contributed by atoms with E-state index in [2.05, 4.69) is 5.32 Å². The molecule has 2 N–H and O–H groups in total. The molecule has 1 heterocycles. The Morgan fingerprint density at radius 2 is 1.89 bits per heavy atom. The maximum absolute atomic E-state index is 11.7. The predicted molar refractivity (Wildman–Crippen MR) is 70.7 cm³/mol. The molecule has 2 rings (SSSR count). The van der Waals surface area contributed by atoms with Crippen LogP contribution >= 0.6 is 0 Å². The number of aromatic nitrogens is 1. The van der Waals surface area contributed by atoms with Crippen molar-refractivity contribution in [3.05, 3.63) is 64.6 Å². The molecule has 0 atom stereocenters. The van der Waals surface area contributed by atoms with E-state index in [1.54, 1.807) is 42.6 Å². The standard InChI is InChI=1S/C14H14N2O3/c17-12-6-2-1-5-11(12)9-15-13(18)10-16-8-4-3-7-14(16)19/h1-8,17H,9-10H2,(H,15,18). The average Bonchev–Trinajstić information content (AvgIpc) is 2.40. The first-order chi connectivity index (χ1) is 9.16. The van der Waals surface area contributed by atoms with Crippen LogP contribution in [0.3, 0.4) is 0 Å². The van der Waals surface area contributed by atoms with Crippen LogP contribution in [0.15, 0.2) is 53.5 Å². The van der Waals surface area contributed by atoms with Crippen molar-refractivity contribution in [3.8, 4) is 5.75 Å². The molecule has 98 valence electrons. The molecule has 0 saturated carbocycles. The number of phenols is 1. The third-order valence-corrected chi connectivity index (χ3v) is 2.68. The van der Waals surface area contributed by atoms with E-state index in [-0.39, 0.29) is 30.3 Å². The summed E-state index contributed by atoms with van der Waals surface area (Å²) in [4.78, 5) is 23.1.